The van der Waals surface area contributed by atoms with Gasteiger partial charge in [-0.05, 0) is 36.6 Å². The van der Waals surface area contributed by atoms with E-state index in [9.17, 15) is 0 Å². The number of aryl methyl sites for hydroxylation is 1. The summed E-state index contributed by atoms with van der Waals surface area (Å²) >= 11 is 6.04. The molecular weight excluding hydrogens is 260 g/mol. The summed E-state index contributed by atoms with van der Waals surface area (Å²) in [4.78, 5) is 2.49. The number of morpholine rings is 1. The molecule has 1 aliphatic heterocycles. The van der Waals surface area contributed by atoms with Gasteiger partial charge in [0.05, 0.1) is 13.2 Å². The molecule has 0 radical (unpaired) electrons. The minimum absolute atomic E-state index is 0.256. The van der Waals surface area contributed by atoms with E-state index >= 15 is 0 Å². The zero-order valence-electron chi connectivity index (χ0n) is 11.7. The van der Waals surface area contributed by atoms with E-state index in [2.05, 4.69) is 24.8 Å². The summed E-state index contributed by atoms with van der Waals surface area (Å²) in [6.07, 6.45) is 1.09. The van der Waals surface area contributed by atoms with Gasteiger partial charge in [-0.3, -0.25) is 4.90 Å². The molecule has 0 bridgehead atoms. The molecule has 0 aliphatic carbocycles. The van der Waals surface area contributed by atoms with Crippen LogP contribution in [0.5, 0.6) is 0 Å². The van der Waals surface area contributed by atoms with Gasteiger partial charge in [0, 0.05) is 30.2 Å². The van der Waals surface area contributed by atoms with Gasteiger partial charge in [-0.25, -0.2) is 0 Å². The van der Waals surface area contributed by atoms with Crippen molar-refractivity contribution in [3.63, 3.8) is 0 Å². The summed E-state index contributed by atoms with van der Waals surface area (Å²) in [7, 11) is 0. The SMILES string of the molecule is CCC1COCCN1C(CN)c1ccc(Cl)cc1C. The minimum atomic E-state index is 0.256. The second-order valence-corrected chi connectivity index (χ2v) is 5.56. The fraction of sp³-hybridized carbons (Fsp3) is 0.600. The molecule has 0 aromatic heterocycles. The first-order valence-corrected chi connectivity index (χ1v) is 7.34. The van der Waals surface area contributed by atoms with Crippen LogP contribution in [0.25, 0.3) is 0 Å². The summed E-state index contributed by atoms with van der Waals surface area (Å²) < 4.78 is 5.58. The predicted molar refractivity (Wildman–Crippen MR) is 79.6 cm³/mol. The molecule has 0 amide bonds. The summed E-state index contributed by atoms with van der Waals surface area (Å²) in [5, 5.41) is 0.783. The maximum Gasteiger partial charge on any atom is 0.0622 e. The Labute approximate surface area is 120 Å². The number of hydrogen-bond acceptors (Lipinski definition) is 3. The Bertz CT molecular complexity index is 425. The van der Waals surface area contributed by atoms with Gasteiger partial charge in [0.15, 0.2) is 0 Å². The van der Waals surface area contributed by atoms with Gasteiger partial charge in [-0.1, -0.05) is 24.6 Å². The van der Waals surface area contributed by atoms with Crippen LogP contribution in [0, 0.1) is 6.92 Å². The van der Waals surface area contributed by atoms with Crippen LogP contribution in [0.1, 0.15) is 30.5 Å². The zero-order valence-corrected chi connectivity index (χ0v) is 12.5. The lowest BCUT2D eigenvalue weighted by Crippen LogP contribution is -2.48. The highest BCUT2D eigenvalue weighted by Gasteiger charge is 2.29. The lowest BCUT2D eigenvalue weighted by atomic mass is 9.97. The largest absolute Gasteiger partial charge is 0.378 e. The van der Waals surface area contributed by atoms with Crippen LogP contribution in [0.15, 0.2) is 18.2 Å². The van der Waals surface area contributed by atoms with Crippen molar-refractivity contribution >= 4 is 11.6 Å². The lowest BCUT2D eigenvalue weighted by molar-refractivity contribution is -0.0292. The summed E-state index contributed by atoms with van der Waals surface area (Å²) in [6, 6.07) is 6.79. The molecule has 1 aliphatic rings. The van der Waals surface area contributed by atoms with Gasteiger partial charge in [-0.2, -0.15) is 0 Å². The molecule has 2 atom stereocenters. The molecule has 2 N–H and O–H groups in total. The van der Waals surface area contributed by atoms with Gasteiger partial charge in [0.1, 0.15) is 0 Å². The second kappa shape index (κ2) is 6.71. The van der Waals surface area contributed by atoms with E-state index in [1.54, 1.807) is 0 Å². The van der Waals surface area contributed by atoms with E-state index in [0.29, 0.717) is 12.6 Å². The van der Waals surface area contributed by atoms with E-state index in [4.69, 9.17) is 22.1 Å². The normalized spacial score (nSPS) is 22.4. The van der Waals surface area contributed by atoms with Crippen LogP contribution in [0.3, 0.4) is 0 Å². The van der Waals surface area contributed by atoms with Crippen molar-refractivity contribution in [2.24, 2.45) is 5.73 Å². The number of hydrogen-bond donors (Lipinski definition) is 1. The van der Waals surface area contributed by atoms with Crippen molar-refractivity contribution in [3.8, 4) is 0 Å². The highest BCUT2D eigenvalue weighted by atomic mass is 35.5. The number of ether oxygens (including phenoxy) is 1. The quantitative estimate of drug-likeness (QED) is 0.923. The monoisotopic (exact) mass is 282 g/mol. The maximum absolute atomic E-state index is 6.04. The molecule has 2 unspecified atom stereocenters. The van der Waals surface area contributed by atoms with Crippen molar-refractivity contribution in [3.05, 3.63) is 34.3 Å². The first-order chi connectivity index (χ1) is 9.17. The third kappa shape index (κ3) is 3.29. The number of nitrogens with zero attached hydrogens (tertiary/aromatic N) is 1. The van der Waals surface area contributed by atoms with Crippen molar-refractivity contribution in [2.45, 2.75) is 32.4 Å². The Hall–Kier alpha value is -0.610. The highest BCUT2D eigenvalue weighted by molar-refractivity contribution is 6.30. The average Bonchev–Trinajstić information content (AvgIpc) is 2.42. The average molecular weight is 283 g/mol. The van der Waals surface area contributed by atoms with Crippen LogP contribution in [0.4, 0.5) is 0 Å². The molecule has 1 saturated heterocycles. The first-order valence-electron chi connectivity index (χ1n) is 6.97. The molecule has 0 spiro atoms. The predicted octanol–water partition coefficient (Wildman–Crippen LogP) is 2.76. The second-order valence-electron chi connectivity index (χ2n) is 5.13. The number of halogens is 1. The molecule has 2 rings (SSSR count). The van der Waals surface area contributed by atoms with Gasteiger partial charge < -0.3 is 10.5 Å². The Kier molecular flexibility index (Phi) is 5.22. The topological polar surface area (TPSA) is 38.5 Å². The Morgan fingerprint density at radius 1 is 1.53 bits per heavy atom. The van der Waals surface area contributed by atoms with Crippen molar-refractivity contribution in [1.29, 1.82) is 0 Å². The number of rotatable bonds is 4. The van der Waals surface area contributed by atoms with Crippen LogP contribution in [-0.4, -0.2) is 37.2 Å². The standard InChI is InChI=1S/C15H23ClN2O/c1-3-13-10-19-7-6-18(13)15(9-17)14-5-4-12(16)8-11(14)2/h4-5,8,13,15H,3,6-7,9-10,17H2,1-2H3. The number of nitrogens with two attached hydrogens (primary N) is 1. The molecule has 1 aromatic carbocycles. The van der Waals surface area contributed by atoms with Crippen molar-refractivity contribution in [2.75, 3.05) is 26.3 Å². The highest BCUT2D eigenvalue weighted by Crippen LogP contribution is 2.29. The van der Waals surface area contributed by atoms with Crippen molar-refractivity contribution in [1.82, 2.24) is 4.90 Å². The van der Waals surface area contributed by atoms with Crippen molar-refractivity contribution < 1.29 is 4.74 Å². The number of benzene rings is 1. The molecule has 3 nitrogen and oxygen atoms in total. The Morgan fingerprint density at radius 3 is 2.95 bits per heavy atom. The Morgan fingerprint density at radius 2 is 2.32 bits per heavy atom. The zero-order chi connectivity index (χ0) is 13.8. The Balaban J connectivity index is 2.27. The summed E-state index contributed by atoms with van der Waals surface area (Å²) in [5.41, 5.74) is 8.54. The van der Waals surface area contributed by atoms with E-state index in [1.165, 1.54) is 11.1 Å². The summed E-state index contributed by atoms with van der Waals surface area (Å²) in [5.74, 6) is 0. The molecule has 4 heteroatoms. The van der Waals surface area contributed by atoms with Gasteiger partial charge in [-0.15, -0.1) is 0 Å². The molecule has 1 fully saturated rings. The maximum atomic E-state index is 6.04. The van der Waals surface area contributed by atoms with Gasteiger partial charge in [0.25, 0.3) is 0 Å². The fourth-order valence-electron chi connectivity index (χ4n) is 2.88. The molecular formula is C15H23ClN2O. The minimum Gasteiger partial charge on any atom is -0.378 e. The van der Waals surface area contributed by atoms with Gasteiger partial charge >= 0.3 is 0 Å². The van der Waals surface area contributed by atoms with Crippen LogP contribution in [0.2, 0.25) is 5.02 Å². The molecule has 1 heterocycles. The fourth-order valence-corrected chi connectivity index (χ4v) is 3.11. The van der Waals surface area contributed by atoms with Crippen LogP contribution in [-0.2, 0) is 4.74 Å². The first kappa shape index (κ1) is 14.8. The molecule has 1 aromatic rings. The molecule has 0 saturated carbocycles. The third-order valence-corrected chi connectivity index (χ3v) is 4.19. The smallest absolute Gasteiger partial charge is 0.0622 e. The third-order valence-electron chi connectivity index (χ3n) is 3.96. The summed E-state index contributed by atoms with van der Waals surface area (Å²) in [6.45, 7) is 7.47. The van der Waals surface area contributed by atoms with Crippen LogP contribution < -0.4 is 5.73 Å². The molecule has 106 valence electrons. The lowest BCUT2D eigenvalue weighted by Gasteiger charge is -2.41. The van der Waals surface area contributed by atoms with Crippen LogP contribution >= 0.6 is 11.6 Å². The van der Waals surface area contributed by atoms with E-state index in [1.807, 2.05) is 12.1 Å². The molecule has 19 heavy (non-hydrogen) atoms. The van der Waals surface area contributed by atoms with E-state index in [-0.39, 0.29) is 6.04 Å². The van der Waals surface area contributed by atoms with Gasteiger partial charge in [0.2, 0.25) is 0 Å². The van der Waals surface area contributed by atoms with E-state index in [0.717, 1.165) is 31.2 Å². The van der Waals surface area contributed by atoms with E-state index < -0.39 is 0 Å².